The number of nitrogens with zero attached hydrogens (tertiary/aromatic N) is 2. The summed E-state index contributed by atoms with van der Waals surface area (Å²) < 4.78 is 0. The van der Waals surface area contributed by atoms with Crippen LogP contribution in [0.25, 0.3) is 0 Å². The minimum Gasteiger partial charge on any atom is -0.353 e. The van der Waals surface area contributed by atoms with Gasteiger partial charge < -0.3 is 5.32 Å². The van der Waals surface area contributed by atoms with Crippen molar-refractivity contribution in [2.24, 2.45) is 5.41 Å². The number of aryl methyl sites for hydroxylation is 1. The van der Waals surface area contributed by atoms with Crippen LogP contribution < -0.4 is 5.32 Å². The average molecular weight is 259 g/mol. The van der Waals surface area contributed by atoms with Gasteiger partial charge in [0.25, 0.3) is 0 Å². The molecule has 1 unspecified atom stereocenters. The fraction of sp³-hybridized carbons (Fsp3) is 0.429. The summed E-state index contributed by atoms with van der Waals surface area (Å²) in [5.41, 5.74) is 4.87. The van der Waals surface area contributed by atoms with E-state index in [4.69, 9.17) is 0 Å². The highest BCUT2D eigenvalue weighted by molar-refractivity contribution is 7.13. The molecule has 0 amide bonds. The highest BCUT2D eigenvalue weighted by atomic mass is 32.1. The third-order valence-electron chi connectivity index (χ3n) is 3.81. The third-order valence-corrected chi connectivity index (χ3v) is 4.44. The van der Waals surface area contributed by atoms with E-state index >= 15 is 0 Å². The largest absolute Gasteiger partial charge is 0.353 e. The van der Waals surface area contributed by atoms with Crippen LogP contribution in [-0.2, 0) is 6.42 Å². The van der Waals surface area contributed by atoms with Crippen LogP contribution in [0.1, 0.15) is 37.4 Å². The number of benzene rings is 1. The Hall–Kier alpha value is -1.42. The Morgan fingerprint density at radius 3 is 2.94 bits per heavy atom. The standard InChI is InChI=1S/C14H17N3S/c1-14(2)8-7-10-5-3-4-6-11(10)12(14)16-13-17-15-9-18-13/h3-6,9,12H,7-8H2,1-2H3,(H,16,17). The number of rotatable bonds is 2. The Labute approximate surface area is 111 Å². The van der Waals surface area contributed by atoms with Gasteiger partial charge in [0.2, 0.25) is 5.13 Å². The highest BCUT2D eigenvalue weighted by Gasteiger charge is 2.36. The van der Waals surface area contributed by atoms with Gasteiger partial charge in [0, 0.05) is 0 Å². The van der Waals surface area contributed by atoms with E-state index in [9.17, 15) is 0 Å². The monoisotopic (exact) mass is 259 g/mol. The predicted molar refractivity (Wildman–Crippen MR) is 74.8 cm³/mol. The highest BCUT2D eigenvalue weighted by Crippen LogP contribution is 2.45. The van der Waals surface area contributed by atoms with Crippen LogP contribution in [0.15, 0.2) is 29.8 Å². The van der Waals surface area contributed by atoms with Crippen LogP contribution in [0.4, 0.5) is 5.13 Å². The molecule has 0 spiro atoms. The zero-order valence-electron chi connectivity index (χ0n) is 10.7. The molecule has 1 aromatic carbocycles. The molecule has 1 N–H and O–H groups in total. The molecule has 2 aromatic rings. The van der Waals surface area contributed by atoms with Gasteiger partial charge in [0.05, 0.1) is 6.04 Å². The fourth-order valence-electron chi connectivity index (χ4n) is 2.70. The Balaban J connectivity index is 1.98. The van der Waals surface area contributed by atoms with Gasteiger partial charge in [0.1, 0.15) is 5.51 Å². The van der Waals surface area contributed by atoms with Crippen LogP contribution in [-0.4, -0.2) is 10.2 Å². The van der Waals surface area contributed by atoms with Crippen LogP contribution in [0.3, 0.4) is 0 Å². The zero-order chi connectivity index (χ0) is 12.6. The second-order valence-corrected chi connectivity index (χ2v) is 6.34. The molecule has 4 heteroatoms. The van der Waals surface area contributed by atoms with E-state index in [0.29, 0.717) is 6.04 Å². The lowest BCUT2D eigenvalue weighted by Crippen LogP contribution is -2.33. The summed E-state index contributed by atoms with van der Waals surface area (Å²) >= 11 is 1.56. The van der Waals surface area contributed by atoms with Crippen molar-refractivity contribution in [1.29, 1.82) is 0 Å². The average Bonchev–Trinajstić information content (AvgIpc) is 2.86. The molecule has 1 aliphatic carbocycles. The maximum Gasteiger partial charge on any atom is 0.205 e. The van der Waals surface area contributed by atoms with Gasteiger partial charge >= 0.3 is 0 Å². The molecule has 0 radical (unpaired) electrons. The second-order valence-electron chi connectivity index (χ2n) is 5.51. The van der Waals surface area contributed by atoms with E-state index < -0.39 is 0 Å². The van der Waals surface area contributed by atoms with Crippen LogP contribution in [0.2, 0.25) is 0 Å². The van der Waals surface area contributed by atoms with Crippen molar-refractivity contribution in [2.75, 3.05) is 5.32 Å². The summed E-state index contributed by atoms with van der Waals surface area (Å²) in [4.78, 5) is 0. The quantitative estimate of drug-likeness (QED) is 0.894. The molecule has 0 saturated carbocycles. The first-order valence-corrected chi connectivity index (χ1v) is 7.15. The van der Waals surface area contributed by atoms with Gasteiger partial charge in [-0.3, -0.25) is 0 Å². The van der Waals surface area contributed by atoms with Crippen molar-refractivity contribution in [3.8, 4) is 0 Å². The number of aromatic nitrogens is 2. The van der Waals surface area contributed by atoms with Crippen LogP contribution in [0.5, 0.6) is 0 Å². The minimum absolute atomic E-state index is 0.236. The Kier molecular flexibility index (Phi) is 2.82. The molecule has 0 bridgehead atoms. The molecule has 1 aliphatic rings. The summed E-state index contributed by atoms with van der Waals surface area (Å²) in [6.45, 7) is 4.64. The molecule has 18 heavy (non-hydrogen) atoms. The lowest BCUT2D eigenvalue weighted by Gasteiger charge is -2.40. The Morgan fingerprint density at radius 1 is 1.33 bits per heavy atom. The van der Waals surface area contributed by atoms with E-state index in [0.717, 1.165) is 11.6 Å². The summed E-state index contributed by atoms with van der Waals surface area (Å²) in [6, 6.07) is 9.03. The molecule has 0 aliphatic heterocycles. The molecule has 0 fully saturated rings. The van der Waals surface area contributed by atoms with Crippen molar-refractivity contribution >= 4 is 16.5 Å². The normalized spacial score (nSPS) is 21.3. The number of fused-ring (bicyclic) bond motifs is 1. The summed E-state index contributed by atoms with van der Waals surface area (Å²) in [6.07, 6.45) is 2.36. The van der Waals surface area contributed by atoms with Crippen LogP contribution in [0, 0.1) is 5.41 Å². The first-order valence-electron chi connectivity index (χ1n) is 6.27. The van der Waals surface area contributed by atoms with Gasteiger partial charge in [-0.15, -0.1) is 10.2 Å². The molecular formula is C14H17N3S. The Morgan fingerprint density at radius 2 is 2.17 bits per heavy atom. The van der Waals surface area contributed by atoms with Gasteiger partial charge in [-0.2, -0.15) is 0 Å². The van der Waals surface area contributed by atoms with Gasteiger partial charge in [-0.05, 0) is 29.4 Å². The molecule has 1 aromatic heterocycles. The first-order chi connectivity index (χ1) is 8.67. The maximum atomic E-state index is 4.11. The van der Waals surface area contributed by atoms with E-state index in [1.54, 1.807) is 16.8 Å². The van der Waals surface area contributed by atoms with E-state index in [-0.39, 0.29) is 5.41 Å². The lowest BCUT2D eigenvalue weighted by molar-refractivity contribution is 0.265. The summed E-state index contributed by atoms with van der Waals surface area (Å²) in [7, 11) is 0. The zero-order valence-corrected chi connectivity index (χ0v) is 11.5. The molecule has 3 rings (SSSR count). The van der Waals surface area contributed by atoms with Crippen LogP contribution >= 0.6 is 11.3 Å². The minimum atomic E-state index is 0.236. The molecule has 0 saturated heterocycles. The van der Waals surface area contributed by atoms with Crippen molar-refractivity contribution in [3.05, 3.63) is 40.9 Å². The summed E-state index contributed by atoms with van der Waals surface area (Å²) in [5, 5.41) is 12.5. The fourth-order valence-corrected chi connectivity index (χ4v) is 3.17. The predicted octanol–water partition coefficient (Wildman–Crippen LogP) is 3.66. The molecule has 1 atom stereocenters. The molecule has 94 valence electrons. The third kappa shape index (κ3) is 2.01. The summed E-state index contributed by atoms with van der Waals surface area (Å²) in [5.74, 6) is 0. The topological polar surface area (TPSA) is 37.8 Å². The lowest BCUT2D eigenvalue weighted by atomic mass is 9.70. The number of hydrogen-bond donors (Lipinski definition) is 1. The number of anilines is 1. The van der Waals surface area contributed by atoms with E-state index in [1.165, 1.54) is 17.5 Å². The molecular weight excluding hydrogens is 242 g/mol. The number of nitrogens with one attached hydrogen (secondary N) is 1. The first kappa shape index (κ1) is 11.7. The Bertz CT molecular complexity index is 534. The number of hydrogen-bond acceptors (Lipinski definition) is 4. The van der Waals surface area contributed by atoms with Gasteiger partial charge in [-0.1, -0.05) is 49.4 Å². The van der Waals surface area contributed by atoms with Crippen molar-refractivity contribution < 1.29 is 0 Å². The smallest absolute Gasteiger partial charge is 0.205 e. The second kappa shape index (κ2) is 4.35. The van der Waals surface area contributed by atoms with Crippen molar-refractivity contribution in [3.63, 3.8) is 0 Å². The van der Waals surface area contributed by atoms with E-state index in [1.807, 2.05) is 0 Å². The van der Waals surface area contributed by atoms with Gasteiger partial charge in [-0.25, -0.2) is 0 Å². The molecule has 1 heterocycles. The van der Waals surface area contributed by atoms with Crippen molar-refractivity contribution in [2.45, 2.75) is 32.7 Å². The SMILES string of the molecule is CC1(C)CCc2ccccc2C1Nc1nncs1. The van der Waals surface area contributed by atoms with Gasteiger partial charge in [0.15, 0.2) is 0 Å². The molecule has 3 nitrogen and oxygen atoms in total. The maximum absolute atomic E-state index is 4.11. The van der Waals surface area contributed by atoms with E-state index in [2.05, 4.69) is 53.6 Å². The van der Waals surface area contributed by atoms with Crippen molar-refractivity contribution in [1.82, 2.24) is 10.2 Å².